The van der Waals surface area contributed by atoms with Crippen LogP contribution in [-0.2, 0) is 24.2 Å². The first-order valence-electron chi connectivity index (χ1n) is 8.11. The van der Waals surface area contributed by atoms with Crippen molar-refractivity contribution in [1.82, 2.24) is 24.8 Å². The molecule has 2 N–H and O–H groups in total. The van der Waals surface area contributed by atoms with Gasteiger partial charge < -0.3 is 14.9 Å². The molecule has 3 aromatic rings. The SMILES string of the molecule is Cc1[nH]cnc1CC(=O)NCCc1cn(Cc2ccc(Cl)cc2)cn1. The molecule has 2 aromatic heterocycles. The van der Waals surface area contributed by atoms with Gasteiger partial charge in [0.2, 0.25) is 5.91 Å². The first-order chi connectivity index (χ1) is 12.1. The van der Waals surface area contributed by atoms with Crippen LogP contribution < -0.4 is 5.32 Å². The quantitative estimate of drug-likeness (QED) is 0.682. The molecule has 0 saturated carbocycles. The van der Waals surface area contributed by atoms with Crippen molar-refractivity contribution in [2.24, 2.45) is 0 Å². The zero-order valence-corrected chi connectivity index (χ0v) is 14.8. The maximum Gasteiger partial charge on any atom is 0.226 e. The second-order valence-corrected chi connectivity index (χ2v) is 6.35. The van der Waals surface area contributed by atoms with E-state index in [1.165, 1.54) is 0 Å². The maximum absolute atomic E-state index is 11.9. The minimum Gasteiger partial charge on any atom is -0.355 e. The van der Waals surface area contributed by atoms with Crippen LogP contribution in [0.1, 0.15) is 22.6 Å². The Kier molecular flexibility index (Phi) is 5.50. The molecule has 0 atom stereocenters. The first-order valence-corrected chi connectivity index (χ1v) is 8.48. The second kappa shape index (κ2) is 7.98. The first kappa shape index (κ1) is 17.2. The molecule has 0 bridgehead atoms. The summed E-state index contributed by atoms with van der Waals surface area (Å²) in [5, 5.41) is 3.64. The van der Waals surface area contributed by atoms with Gasteiger partial charge in [0.15, 0.2) is 0 Å². The number of H-pyrrole nitrogens is 1. The number of hydrogen-bond donors (Lipinski definition) is 2. The van der Waals surface area contributed by atoms with Gasteiger partial charge in [-0.25, -0.2) is 9.97 Å². The number of aryl methyl sites for hydroxylation is 1. The maximum atomic E-state index is 11.9. The average molecular weight is 358 g/mol. The molecule has 6 nitrogen and oxygen atoms in total. The minimum atomic E-state index is -0.0317. The van der Waals surface area contributed by atoms with E-state index in [-0.39, 0.29) is 5.91 Å². The third-order valence-corrected chi connectivity index (χ3v) is 4.18. The fraction of sp³-hybridized carbons (Fsp3) is 0.278. The molecule has 25 heavy (non-hydrogen) atoms. The summed E-state index contributed by atoms with van der Waals surface area (Å²) in [6, 6.07) is 7.76. The van der Waals surface area contributed by atoms with E-state index in [9.17, 15) is 4.79 Å². The molecule has 3 rings (SSSR count). The number of benzene rings is 1. The molecule has 0 aliphatic heterocycles. The molecule has 7 heteroatoms. The number of hydrogen-bond acceptors (Lipinski definition) is 3. The largest absolute Gasteiger partial charge is 0.355 e. The lowest BCUT2D eigenvalue weighted by Crippen LogP contribution is -2.27. The lowest BCUT2D eigenvalue weighted by molar-refractivity contribution is -0.120. The molecule has 0 aliphatic rings. The van der Waals surface area contributed by atoms with Crippen LogP contribution in [0.25, 0.3) is 0 Å². The number of rotatable bonds is 7. The highest BCUT2D eigenvalue weighted by atomic mass is 35.5. The highest BCUT2D eigenvalue weighted by Crippen LogP contribution is 2.11. The van der Waals surface area contributed by atoms with Crippen molar-refractivity contribution in [3.8, 4) is 0 Å². The molecule has 0 fully saturated rings. The molecule has 1 aromatic carbocycles. The van der Waals surface area contributed by atoms with Crippen LogP contribution in [-0.4, -0.2) is 32.0 Å². The summed E-state index contributed by atoms with van der Waals surface area (Å²) in [6.07, 6.45) is 6.39. The number of carbonyl (C=O) groups excluding carboxylic acids is 1. The lowest BCUT2D eigenvalue weighted by Gasteiger charge is -2.04. The number of nitrogens with zero attached hydrogens (tertiary/aromatic N) is 3. The molecule has 0 unspecified atom stereocenters. The third-order valence-electron chi connectivity index (χ3n) is 3.93. The van der Waals surface area contributed by atoms with Crippen LogP contribution in [0.2, 0.25) is 5.02 Å². The molecule has 130 valence electrons. The topological polar surface area (TPSA) is 75.6 Å². The monoisotopic (exact) mass is 357 g/mol. The average Bonchev–Trinajstić information content (AvgIpc) is 3.19. The summed E-state index contributed by atoms with van der Waals surface area (Å²) < 4.78 is 2.02. The molecular weight excluding hydrogens is 338 g/mol. The van der Waals surface area contributed by atoms with Crippen molar-refractivity contribution in [2.75, 3.05) is 6.54 Å². The van der Waals surface area contributed by atoms with E-state index < -0.39 is 0 Å². The van der Waals surface area contributed by atoms with E-state index in [0.29, 0.717) is 19.4 Å². The van der Waals surface area contributed by atoms with Crippen molar-refractivity contribution >= 4 is 17.5 Å². The van der Waals surface area contributed by atoms with Crippen LogP contribution >= 0.6 is 11.6 Å². The summed E-state index contributed by atoms with van der Waals surface area (Å²) >= 11 is 5.90. The number of halogens is 1. The van der Waals surface area contributed by atoms with Gasteiger partial charge in [-0.1, -0.05) is 23.7 Å². The molecule has 0 spiro atoms. The van der Waals surface area contributed by atoms with Gasteiger partial charge in [-0.3, -0.25) is 4.79 Å². The summed E-state index contributed by atoms with van der Waals surface area (Å²) in [5.74, 6) is -0.0317. The summed E-state index contributed by atoms with van der Waals surface area (Å²) in [4.78, 5) is 23.4. The molecule has 0 radical (unpaired) electrons. The number of nitrogens with one attached hydrogen (secondary N) is 2. The van der Waals surface area contributed by atoms with Gasteiger partial charge in [0.05, 0.1) is 30.5 Å². The molecule has 0 aliphatic carbocycles. The van der Waals surface area contributed by atoms with Gasteiger partial charge in [0.25, 0.3) is 0 Å². The van der Waals surface area contributed by atoms with Gasteiger partial charge in [0, 0.05) is 36.4 Å². The molecular formula is C18H20ClN5O. The van der Waals surface area contributed by atoms with Crippen molar-refractivity contribution in [2.45, 2.75) is 26.3 Å². The van der Waals surface area contributed by atoms with E-state index in [1.54, 1.807) is 12.7 Å². The summed E-state index contributed by atoms with van der Waals surface area (Å²) in [7, 11) is 0. The number of aromatic amines is 1. The van der Waals surface area contributed by atoms with Crippen molar-refractivity contribution in [3.63, 3.8) is 0 Å². The number of amides is 1. The Morgan fingerprint density at radius 3 is 2.80 bits per heavy atom. The van der Waals surface area contributed by atoms with Crippen LogP contribution in [0.15, 0.2) is 43.1 Å². The Labute approximate surface area is 151 Å². The number of carbonyl (C=O) groups is 1. The third kappa shape index (κ3) is 4.93. The Morgan fingerprint density at radius 1 is 1.28 bits per heavy atom. The Balaban J connectivity index is 1.44. The van der Waals surface area contributed by atoms with Crippen LogP contribution in [0.4, 0.5) is 0 Å². The summed E-state index contributed by atoms with van der Waals surface area (Å²) in [6.45, 7) is 3.21. The smallest absolute Gasteiger partial charge is 0.226 e. The minimum absolute atomic E-state index is 0.0317. The van der Waals surface area contributed by atoms with E-state index in [4.69, 9.17) is 11.6 Å². The van der Waals surface area contributed by atoms with Crippen LogP contribution in [0, 0.1) is 6.92 Å². The fourth-order valence-electron chi connectivity index (χ4n) is 2.53. The predicted octanol–water partition coefficient (Wildman–Crippen LogP) is 2.52. The van der Waals surface area contributed by atoms with Crippen molar-refractivity contribution in [3.05, 3.63) is 70.8 Å². The molecule has 2 heterocycles. The highest BCUT2D eigenvalue weighted by Gasteiger charge is 2.08. The number of aromatic nitrogens is 4. The van der Waals surface area contributed by atoms with Gasteiger partial charge in [-0.2, -0.15) is 0 Å². The second-order valence-electron chi connectivity index (χ2n) is 5.91. The van der Waals surface area contributed by atoms with Crippen LogP contribution in [0.3, 0.4) is 0 Å². The normalized spacial score (nSPS) is 10.8. The Hall–Kier alpha value is -2.60. The van der Waals surface area contributed by atoms with E-state index in [1.807, 2.05) is 42.0 Å². The van der Waals surface area contributed by atoms with Crippen LogP contribution in [0.5, 0.6) is 0 Å². The standard InChI is InChI=1S/C18H20ClN5O/c1-13-17(22-11-21-13)8-18(25)20-7-6-16-10-24(12-23-16)9-14-2-4-15(19)5-3-14/h2-5,10-12H,6-9H2,1H3,(H,20,25)(H,21,22). The molecule has 1 amide bonds. The zero-order valence-electron chi connectivity index (χ0n) is 14.0. The lowest BCUT2D eigenvalue weighted by atomic mass is 10.2. The van der Waals surface area contributed by atoms with Gasteiger partial charge >= 0.3 is 0 Å². The summed E-state index contributed by atoms with van der Waals surface area (Å²) in [5.41, 5.74) is 3.82. The van der Waals surface area contributed by atoms with Gasteiger partial charge in [-0.05, 0) is 24.6 Å². The highest BCUT2D eigenvalue weighted by molar-refractivity contribution is 6.30. The van der Waals surface area contributed by atoms with Gasteiger partial charge in [-0.15, -0.1) is 0 Å². The Morgan fingerprint density at radius 2 is 2.08 bits per heavy atom. The van der Waals surface area contributed by atoms with Crippen molar-refractivity contribution < 1.29 is 4.79 Å². The van der Waals surface area contributed by atoms with E-state index in [0.717, 1.165) is 34.2 Å². The molecule has 0 saturated heterocycles. The zero-order chi connectivity index (χ0) is 17.6. The predicted molar refractivity (Wildman–Crippen MR) is 96.5 cm³/mol. The van der Waals surface area contributed by atoms with E-state index in [2.05, 4.69) is 20.3 Å². The van der Waals surface area contributed by atoms with Crippen molar-refractivity contribution in [1.29, 1.82) is 0 Å². The van der Waals surface area contributed by atoms with E-state index >= 15 is 0 Å². The number of imidazole rings is 2. The fourth-order valence-corrected chi connectivity index (χ4v) is 2.66. The Bertz CT molecular complexity index is 837. The van der Waals surface area contributed by atoms with Gasteiger partial charge in [0.1, 0.15) is 0 Å².